The molecule has 1 aromatic heterocycles. The van der Waals surface area contributed by atoms with Gasteiger partial charge in [-0.1, -0.05) is 0 Å². The van der Waals surface area contributed by atoms with Gasteiger partial charge < -0.3 is 10.1 Å². The first-order valence-corrected chi connectivity index (χ1v) is 9.78. The molecule has 0 saturated carbocycles. The Morgan fingerprint density at radius 2 is 2.12 bits per heavy atom. The van der Waals surface area contributed by atoms with Crippen LogP contribution in [0.25, 0.3) is 0 Å². The highest BCUT2D eigenvalue weighted by atomic mass is 32.2. The first-order valence-electron chi connectivity index (χ1n) is 7.29. The van der Waals surface area contributed by atoms with Crippen molar-refractivity contribution < 1.29 is 17.9 Å². The number of nitrogens with zero attached hydrogens (tertiary/aromatic N) is 1. The second-order valence-corrected chi connectivity index (χ2v) is 8.14. The maximum absolute atomic E-state index is 12.1. The lowest BCUT2D eigenvalue weighted by atomic mass is 10.2. The Balaban J connectivity index is 1.83. The van der Waals surface area contributed by atoms with Crippen LogP contribution < -0.4 is 19.7 Å². The van der Waals surface area contributed by atoms with E-state index in [0.717, 1.165) is 0 Å². The summed E-state index contributed by atoms with van der Waals surface area (Å²) in [6, 6.07) is 8.12. The fourth-order valence-electron chi connectivity index (χ4n) is 2.49. The second-order valence-electron chi connectivity index (χ2n) is 5.18. The number of urea groups is 1. The Morgan fingerprint density at radius 1 is 1.29 bits per heavy atom. The lowest BCUT2D eigenvalue weighted by Gasteiger charge is -2.19. The number of carbonyl (C=O) groups excluding carboxylic acids is 1. The molecule has 1 fully saturated rings. The molecule has 0 atom stereocenters. The lowest BCUT2D eigenvalue weighted by molar-refractivity contribution is 0.262. The SMILES string of the molecule is COc1ccc(N2CCCS2(=O)=O)cc1NC(=O)Nc1cccs1. The number of methoxy groups -OCH3 is 1. The molecular weight excluding hydrogens is 350 g/mol. The van der Waals surface area contributed by atoms with Gasteiger partial charge in [0.2, 0.25) is 10.0 Å². The third-order valence-electron chi connectivity index (χ3n) is 3.58. The Morgan fingerprint density at radius 3 is 2.75 bits per heavy atom. The molecule has 1 saturated heterocycles. The summed E-state index contributed by atoms with van der Waals surface area (Å²) in [4.78, 5) is 12.1. The zero-order valence-corrected chi connectivity index (χ0v) is 14.6. The summed E-state index contributed by atoms with van der Waals surface area (Å²) in [6.45, 7) is 0.440. The van der Waals surface area contributed by atoms with Crippen LogP contribution in [0.4, 0.5) is 21.2 Å². The number of benzene rings is 1. The molecule has 0 radical (unpaired) electrons. The predicted octanol–water partition coefficient (Wildman–Crippen LogP) is 2.94. The van der Waals surface area contributed by atoms with Crippen LogP contribution in [0.15, 0.2) is 35.7 Å². The van der Waals surface area contributed by atoms with E-state index in [2.05, 4.69) is 10.6 Å². The predicted molar refractivity (Wildman–Crippen MR) is 95.7 cm³/mol. The number of hydrogen-bond acceptors (Lipinski definition) is 5. The molecule has 1 aliphatic rings. The first-order chi connectivity index (χ1) is 11.5. The molecule has 9 heteroatoms. The van der Waals surface area contributed by atoms with Crippen LogP contribution in [0, 0.1) is 0 Å². The van der Waals surface area contributed by atoms with Crippen LogP contribution in [-0.4, -0.2) is 33.9 Å². The van der Waals surface area contributed by atoms with Crippen molar-refractivity contribution >= 4 is 43.8 Å². The van der Waals surface area contributed by atoms with E-state index in [4.69, 9.17) is 4.74 Å². The molecule has 1 aliphatic heterocycles. The zero-order valence-electron chi connectivity index (χ0n) is 13.0. The molecule has 2 heterocycles. The standard InChI is InChI=1S/C15H17N3O4S2/c1-22-13-6-5-11(18-7-3-9-24(18,20)21)10-12(13)16-15(19)17-14-4-2-8-23-14/h2,4-6,8,10H,3,7,9H2,1H3,(H2,16,17,19). The Bertz CT molecular complexity index is 834. The Hall–Kier alpha value is -2.26. The van der Waals surface area contributed by atoms with Gasteiger partial charge >= 0.3 is 6.03 Å². The summed E-state index contributed by atoms with van der Waals surface area (Å²) in [5.41, 5.74) is 0.922. The third kappa shape index (κ3) is 3.46. The molecule has 128 valence electrons. The van der Waals surface area contributed by atoms with Gasteiger partial charge in [-0.15, -0.1) is 11.3 Å². The zero-order chi connectivity index (χ0) is 17.2. The van der Waals surface area contributed by atoms with Crippen molar-refractivity contribution in [3.05, 3.63) is 35.7 Å². The Labute approximate surface area is 144 Å². The highest BCUT2D eigenvalue weighted by molar-refractivity contribution is 7.93. The molecule has 24 heavy (non-hydrogen) atoms. The maximum Gasteiger partial charge on any atom is 0.324 e. The number of carbonyl (C=O) groups is 1. The van der Waals surface area contributed by atoms with Crippen LogP contribution in [0.3, 0.4) is 0 Å². The van der Waals surface area contributed by atoms with E-state index < -0.39 is 16.1 Å². The molecule has 2 aromatic rings. The summed E-state index contributed by atoms with van der Waals surface area (Å²) < 4.78 is 30.7. The molecule has 2 amide bonds. The number of sulfonamides is 1. The first kappa shape index (κ1) is 16.6. The third-order valence-corrected chi connectivity index (χ3v) is 6.23. The monoisotopic (exact) mass is 367 g/mol. The average molecular weight is 367 g/mol. The minimum absolute atomic E-state index is 0.140. The van der Waals surface area contributed by atoms with Crippen LogP contribution in [-0.2, 0) is 10.0 Å². The van der Waals surface area contributed by atoms with Crippen molar-refractivity contribution in [3.8, 4) is 5.75 Å². The molecule has 0 aliphatic carbocycles. The average Bonchev–Trinajstić information content (AvgIpc) is 3.16. The maximum atomic E-state index is 12.1. The minimum Gasteiger partial charge on any atom is -0.495 e. The van der Waals surface area contributed by atoms with Crippen molar-refractivity contribution in [2.75, 3.05) is 34.3 Å². The van der Waals surface area contributed by atoms with E-state index in [-0.39, 0.29) is 5.75 Å². The lowest BCUT2D eigenvalue weighted by Crippen LogP contribution is -2.25. The molecule has 0 bridgehead atoms. The summed E-state index contributed by atoms with van der Waals surface area (Å²) in [7, 11) is -1.79. The number of amides is 2. The summed E-state index contributed by atoms with van der Waals surface area (Å²) in [6.07, 6.45) is 0.593. The van der Waals surface area contributed by atoms with Crippen molar-refractivity contribution in [2.45, 2.75) is 6.42 Å². The van der Waals surface area contributed by atoms with E-state index in [9.17, 15) is 13.2 Å². The fourth-order valence-corrected chi connectivity index (χ4v) is 4.66. The molecule has 0 unspecified atom stereocenters. The van der Waals surface area contributed by atoms with Crippen LogP contribution in [0.2, 0.25) is 0 Å². The molecule has 3 rings (SSSR count). The van der Waals surface area contributed by atoms with E-state index in [1.807, 2.05) is 11.4 Å². The van der Waals surface area contributed by atoms with Crippen LogP contribution in [0.1, 0.15) is 6.42 Å². The normalized spacial score (nSPS) is 16.0. The van der Waals surface area contributed by atoms with Crippen molar-refractivity contribution in [2.24, 2.45) is 0 Å². The highest BCUT2D eigenvalue weighted by Gasteiger charge is 2.29. The van der Waals surface area contributed by atoms with Gasteiger partial charge in [-0.25, -0.2) is 13.2 Å². The van der Waals surface area contributed by atoms with E-state index in [1.165, 1.54) is 22.8 Å². The fraction of sp³-hybridized carbons (Fsp3) is 0.267. The summed E-state index contributed by atoms with van der Waals surface area (Å²) in [5.74, 6) is 0.595. The van der Waals surface area contributed by atoms with E-state index >= 15 is 0 Å². The smallest absolute Gasteiger partial charge is 0.324 e. The number of rotatable bonds is 4. The largest absolute Gasteiger partial charge is 0.495 e. The molecular formula is C15H17N3O4S2. The van der Waals surface area contributed by atoms with E-state index in [1.54, 1.807) is 24.3 Å². The van der Waals surface area contributed by atoms with E-state index in [0.29, 0.717) is 35.1 Å². The van der Waals surface area contributed by atoms with Gasteiger partial charge in [0.25, 0.3) is 0 Å². The molecule has 7 nitrogen and oxygen atoms in total. The van der Waals surface area contributed by atoms with Gasteiger partial charge in [0, 0.05) is 6.54 Å². The Kier molecular flexibility index (Phi) is 4.63. The summed E-state index contributed by atoms with van der Waals surface area (Å²) in [5, 5.41) is 7.98. The van der Waals surface area contributed by atoms with Crippen LogP contribution >= 0.6 is 11.3 Å². The van der Waals surface area contributed by atoms with Gasteiger partial charge in [0.05, 0.1) is 29.2 Å². The second kappa shape index (κ2) is 6.70. The van der Waals surface area contributed by atoms with Gasteiger partial charge in [-0.3, -0.25) is 9.62 Å². The molecule has 2 N–H and O–H groups in total. The molecule has 1 aromatic carbocycles. The van der Waals surface area contributed by atoms with Gasteiger partial charge in [-0.05, 0) is 42.1 Å². The number of ether oxygens (including phenoxy) is 1. The topological polar surface area (TPSA) is 87.7 Å². The number of thiophene rings is 1. The van der Waals surface area contributed by atoms with Crippen molar-refractivity contribution in [1.29, 1.82) is 0 Å². The van der Waals surface area contributed by atoms with Gasteiger partial charge in [0.15, 0.2) is 0 Å². The number of hydrogen-bond donors (Lipinski definition) is 2. The van der Waals surface area contributed by atoms with Gasteiger partial charge in [-0.2, -0.15) is 0 Å². The number of nitrogens with one attached hydrogen (secondary N) is 2. The minimum atomic E-state index is -3.28. The molecule has 0 spiro atoms. The van der Waals surface area contributed by atoms with Crippen molar-refractivity contribution in [1.82, 2.24) is 0 Å². The highest BCUT2D eigenvalue weighted by Crippen LogP contribution is 2.32. The van der Waals surface area contributed by atoms with Crippen LogP contribution in [0.5, 0.6) is 5.75 Å². The van der Waals surface area contributed by atoms with Crippen molar-refractivity contribution in [3.63, 3.8) is 0 Å². The summed E-state index contributed by atoms with van der Waals surface area (Å²) >= 11 is 1.40. The quantitative estimate of drug-likeness (QED) is 0.870. The number of anilines is 3. The van der Waals surface area contributed by atoms with Gasteiger partial charge in [0.1, 0.15) is 5.75 Å².